The van der Waals surface area contributed by atoms with E-state index in [2.05, 4.69) is 26.6 Å². The van der Waals surface area contributed by atoms with Crippen LogP contribution in [0.2, 0.25) is 0 Å². The number of rotatable bonds is 30. The van der Waals surface area contributed by atoms with Crippen LogP contribution >= 0.6 is 0 Å². The Morgan fingerprint density at radius 2 is 1.15 bits per heavy atom. The number of urea groups is 1. The molecular weight excluding hydrogens is 1250 g/mol. The van der Waals surface area contributed by atoms with Crippen molar-refractivity contribution in [1.29, 1.82) is 0 Å². The van der Waals surface area contributed by atoms with Gasteiger partial charge in [0.25, 0.3) is 23.6 Å². The number of anilines is 2. The molecule has 0 aromatic heterocycles. The fourth-order valence-corrected chi connectivity index (χ4v) is 11.6. The van der Waals surface area contributed by atoms with Crippen LogP contribution in [0.3, 0.4) is 0 Å². The summed E-state index contributed by atoms with van der Waals surface area (Å²) >= 11 is 0. The zero-order chi connectivity index (χ0) is 68.7. The quantitative estimate of drug-likeness (QED) is 0.0185. The molecule has 5 aromatic carbocycles. The third kappa shape index (κ3) is 17.2. The molecule has 10 rings (SSSR count). The Hall–Kier alpha value is -11.3. The second kappa shape index (κ2) is 31.7. The maximum Gasteiger partial charge on any atom is 0.411 e. The second-order valence-corrected chi connectivity index (χ2v) is 23.9. The molecule has 506 valence electrons. The molecule has 0 spiro atoms. The topological polar surface area (TPSA) is 330 Å². The van der Waals surface area contributed by atoms with Crippen LogP contribution in [-0.4, -0.2) is 152 Å². The lowest BCUT2D eigenvalue weighted by Crippen LogP contribution is -2.54. The van der Waals surface area contributed by atoms with E-state index >= 15 is 0 Å². The maximum absolute atomic E-state index is 14.2. The Bertz CT molecular complexity index is 3960. The van der Waals surface area contributed by atoms with Gasteiger partial charge < -0.3 is 65.2 Å². The van der Waals surface area contributed by atoms with E-state index in [4.69, 9.17) is 44.1 Å². The predicted molar refractivity (Wildman–Crippen MR) is 361 cm³/mol. The smallest absolute Gasteiger partial charge is 0.411 e. The van der Waals surface area contributed by atoms with E-state index in [1.54, 1.807) is 110 Å². The minimum atomic E-state index is -1.07. The number of hydrogen-bond acceptors (Lipinski definition) is 17. The van der Waals surface area contributed by atoms with Crippen molar-refractivity contribution >= 4 is 99.8 Å². The first kappa shape index (κ1) is 68.5. The Morgan fingerprint density at radius 1 is 0.608 bits per heavy atom. The Balaban J connectivity index is 0.666. The summed E-state index contributed by atoms with van der Waals surface area (Å²) in [6.45, 7) is 4.28. The molecule has 0 fully saturated rings. The first-order valence-corrected chi connectivity index (χ1v) is 32.0. The number of aliphatic imine (C=N–C) groups is 2. The molecule has 4 atom stereocenters. The van der Waals surface area contributed by atoms with Gasteiger partial charge in [-0.3, -0.25) is 53.8 Å². The monoisotopic (exact) mass is 1320 g/mol. The van der Waals surface area contributed by atoms with Gasteiger partial charge in [0.15, 0.2) is 23.0 Å². The zero-order valence-corrected chi connectivity index (χ0v) is 54.4. The number of carbonyl (C=O) groups excluding carboxylic acids is 9. The van der Waals surface area contributed by atoms with Crippen LogP contribution in [0.5, 0.6) is 28.7 Å². The van der Waals surface area contributed by atoms with E-state index in [1.165, 1.54) is 26.4 Å². The highest BCUT2D eigenvalue weighted by atomic mass is 16.5. The molecule has 5 aliphatic rings. The molecule has 26 nitrogen and oxygen atoms in total. The first-order valence-electron chi connectivity index (χ1n) is 32.0. The van der Waals surface area contributed by atoms with E-state index in [0.717, 1.165) is 32.9 Å². The lowest BCUT2D eigenvalue weighted by atomic mass is 10.0. The number of fused-ring (bicyclic) bond motifs is 4. The van der Waals surface area contributed by atoms with Gasteiger partial charge in [-0.05, 0) is 108 Å². The van der Waals surface area contributed by atoms with E-state index in [1.807, 2.05) is 42.6 Å². The minimum Gasteiger partial charge on any atom is -0.497 e. The van der Waals surface area contributed by atoms with Gasteiger partial charge in [-0.2, -0.15) is 0 Å². The van der Waals surface area contributed by atoms with E-state index in [0.29, 0.717) is 101 Å². The summed E-state index contributed by atoms with van der Waals surface area (Å²) in [4.78, 5) is 130. The first-order chi connectivity index (χ1) is 46.9. The van der Waals surface area contributed by atoms with E-state index < -0.39 is 36.0 Å². The molecule has 10 amide bonds. The minimum absolute atomic E-state index is 0.104. The van der Waals surface area contributed by atoms with Crippen molar-refractivity contribution in [3.63, 3.8) is 0 Å². The van der Waals surface area contributed by atoms with Crippen LogP contribution in [0.25, 0.3) is 11.1 Å². The fraction of sp³-hybridized carbons (Fsp3) is 0.338. The average molecular weight is 1320 g/mol. The highest BCUT2D eigenvalue weighted by Gasteiger charge is 2.36. The molecule has 7 N–H and O–H groups in total. The number of benzene rings is 5. The third-order valence-electron chi connectivity index (χ3n) is 16.8. The van der Waals surface area contributed by atoms with Crippen LogP contribution in [0.15, 0.2) is 132 Å². The number of ether oxygens (including phenoxy) is 6. The van der Waals surface area contributed by atoms with Crippen molar-refractivity contribution < 1.29 is 71.6 Å². The van der Waals surface area contributed by atoms with Crippen molar-refractivity contribution in [1.82, 2.24) is 30.7 Å². The van der Waals surface area contributed by atoms with E-state index in [-0.39, 0.29) is 99.7 Å². The number of carbonyl (C=O) groups is 9. The van der Waals surface area contributed by atoms with Gasteiger partial charge in [-0.15, -0.1) is 0 Å². The number of unbranched alkanes of at least 4 members (excludes halogenated alkanes) is 2. The lowest BCUT2D eigenvalue weighted by molar-refractivity contribution is -0.137. The summed E-state index contributed by atoms with van der Waals surface area (Å²) in [5, 5.41) is 13.5. The van der Waals surface area contributed by atoms with Crippen molar-refractivity contribution in [3.8, 4) is 28.7 Å². The predicted octanol–water partition coefficient (Wildman–Crippen LogP) is 8.75. The molecule has 0 radical (unpaired) electrons. The van der Waals surface area contributed by atoms with Crippen molar-refractivity contribution in [2.75, 3.05) is 58.3 Å². The van der Waals surface area contributed by atoms with Gasteiger partial charge in [-0.1, -0.05) is 56.7 Å². The normalized spacial score (nSPS) is 16.4. The summed E-state index contributed by atoms with van der Waals surface area (Å²) in [5.74, 6) is -0.716. The number of nitrogens with zero attached hydrogens (tertiary/aromatic N) is 5. The SMILES string of the molecule is COc1ccc(C2=CN3C(=O)c4cc(OC)c(OCCCOc5cc6c(cc5OC)C(=O)N5C=C(c7ccc(NC(=O)OCc8ccc(NC(=O)[C@H](CCCNC(N)=O)NC(=O)[C@@H](NC(=O)CCCCCN9C(=O)C=CC9=O)C(C)C)cc8)cc7)C[C@@H]5C=N6)cc4N=C[C@@H]3C2)cc1. The number of imide groups is 1. The van der Waals surface area contributed by atoms with Gasteiger partial charge in [0.2, 0.25) is 17.7 Å². The summed E-state index contributed by atoms with van der Waals surface area (Å²) in [5.41, 5.74) is 12.1. The summed E-state index contributed by atoms with van der Waals surface area (Å²) < 4.78 is 34.5. The van der Waals surface area contributed by atoms with Crippen molar-refractivity contribution in [2.24, 2.45) is 21.6 Å². The number of amides is 10. The number of methoxy groups -OCH3 is 3. The molecule has 0 bridgehead atoms. The molecule has 26 heteroatoms. The average Bonchev–Trinajstić information content (AvgIpc) is 1.65. The van der Waals surface area contributed by atoms with Gasteiger partial charge in [0.05, 0.1) is 69.1 Å². The molecule has 5 aromatic rings. The second-order valence-electron chi connectivity index (χ2n) is 23.9. The van der Waals surface area contributed by atoms with Gasteiger partial charge in [0.1, 0.15) is 24.4 Å². The number of nitrogens with two attached hydrogens (primary N) is 1. The van der Waals surface area contributed by atoms with Crippen LogP contribution < -0.4 is 56.0 Å². The number of nitrogens with one attached hydrogen (secondary N) is 5. The Labute approximate surface area is 560 Å². The molecular formula is C71H77N11O15. The summed E-state index contributed by atoms with van der Waals surface area (Å²) in [6.07, 6.45) is 12.5. The van der Waals surface area contributed by atoms with E-state index in [9.17, 15) is 43.2 Å². The highest BCUT2D eigenvalue weighted by Crippen LogP contribution is 2.42. The zero-order valence-electron chi connectivity index (χ0n) is 54.4. The lowest BCUT2D eigenvalue weighted by Gasteiger charge is -2.25. The van der Waals surface area contributed by atoms with Crippen LogP contribution in [-0.2, 0) is 35.3 Å². The van der Waals surface area contributed by atoms with Gasteiger partial charge >= 0.3 is 12.1 Å². The number of hydrogen-bond donors (Lipinski definition) is 6. The van der Waals surface area contributed by atoms with Crippen molar-refractivity contribution in [2.45, 2.75) is 102 Å². The largest absolute Gasteiger partial charge is 0.497 e. The molecule has 0 aliphatic carbocycles. The van der Waals surface area contributed by atoms with Crippen molar-refractivity contribution in [3.05, 3.63) is 149 Å². The standard InChI is InChI=1S/C71H77N11O15/c1-42(2)65(79-62(83)12-7-6-8-28-80-63(84)25-26-64(80)85)67(87)78-55(11-9-27-73-70(72)90)66(86)76-48-19-13-43(14-20-48)41-97-71(91)77-49-21-15-44(16-22-49)46-31-50-37-74-56-35-60(58(93-4)33-53(56)68(88)81(50)39-46)95-29-10-30-96-61-36-57-54(34-59(61)94-5)69(89)82-40-47(32-51(82)38-75-57)45-17-23-52(92-3)24-18-45/h13-26,33-40,42,50-51,55,65H,6-12,27-32,41H2,1-5H3,(H,76,86)(H,77,91)(H,78,87)(H,79,83)(H3,72,73,90)/t50-,51+,55+,65+/m1/s1. The number of primary amides is 1. The maximum atomic E-state index is 14.2. The Morgan fingerprint density at radius 3 is 1.69 bits per heavy atom. The Kier molecular flexibility index (Phi) is 22.4. The molecule has 0 unspecified atom stereocenters. The third-order valence-corrected chi connectivity index (χ3v) is 16.8. The highest BCUT2D eigenvalue weighted by molar-refractivity contribution is 6.13. The summed E-state index contributed by atoms with van der Waals surface area (Å²) in [6, 6.07) is 24.7. The van der Waals surface area contributed by atoms with Gasteiger partial charge in [-0.25, -0.2) is 9.59 Å². The summed E-state index contributed by atoms with van der Waals surface area (Å²) in [7, 11) is 4.64. The van der Waals surface area contributed by atoms with Crippen LogP contribution in [0.1, 0.15) is 109 Å². The van der Waals surface area contributed by atoms with Crippen LogP contribution in [0.4, 0.5) is 32.3 Å². The van der Waals surface area contributed by atoms with Gasteiger partial charge in [0, 0.05) is 99.3 Å². The van der Waals surface area contributed by atoms with Crippen LogP contribution in [0, 0.1) is 5.92 Å². The fourth-order valence-electron chi connectivity index (χ4n) is 11.6. The molecule has 5 aliphatic heterocycles. The molecule has 5 heterocycles. The molecule has 97 heavy (non-hydrogen) atoms. The molecule has 0 saturated carbocycles. The molecule has 0 saturated heterocycles.